The number of aromatic nitrogens is 2. The van der Waals surface area contributed by atoms with E-state index in [9.17, 15) is 4.79 Å². The van der Waals surface area contributed by atoms with Crippen LogP contribution in [-0.4, -0.2) is 34.3 Å². The highest BCUT2D eigenvalue weighted by Crippen LogP contribution is 2.32. The zero-order valence-electron chi connectivity index (χ0n) is 13.1. The van der Waals surface area contributed by atoms with Crippen LogP contribution < -0.4 is 10.2 Å². The van der Waals surface area contributed by atoms with E-state index in [1.54, 1.807) is 6.20 Å². The molecule has 3 rings (SSSR count). The first-order valence-electron chi connectivity index (χ1n) is 7.78. The number of para-hydroxylation sites is 1. The van der Waals surface area contributed by atoms with E-state index in [4.69, 9.17) is 0 Å². The van der Waals surface area contributed by atoms with Crippen LogP contribution in [0, 0.1) is 0 Å². The Morgan fingerprint density at radius 3 is 3.00 bits per heavy atom. The third-order valence-electron chi connectivity index (χ3n) is 4.17. The molecule has 1 amide bonds. The van der Waals surface area contributed by atoms with E-state index >= 15 is 0 Å². The van der Waals surface area contributed by atoms with E-state index in [-0.39, 0.29) is 18.0 Å². The third-order valence-corrected chi connectivity index (χ3v) is 4.17. The first-order valence-corrected chi connectivity index (χ1v) is 7.78. The summed E-state index contributed by atoms with van der Waals surface area (Å²) < 4.78 is 1.86. The standard InChI is InChI=1S/C17H22N4O/c1-13-12-15-6-3-4-7-16(15)21(13)17(22)14(2)18-9-11-20-10-5-8-19-20/h3-8,10,13-14,18H,9,11-12H2,1-2H3. The molecule has 1 aromatic carbocycles. The molecule has 0 saturated carbocycles. The van der Waals surface area contributed by atoms with E-state index in [0.717, 1.165) is 25.2 Å². The van der Waals surface area contributed by atoms with Crippen LogP contribution in [0.4, 0.5) is 5.69 Å². The molecule has 1 aliphatic rings. The average Bonchev–Trinajstić information content (AvgIpc) is 3.13. The van der Waals surface area contributed by atoms with Crippen molar-refractivity contribution in [2.45, 2.75) is 38.9 Å². The van der Waals surface area contributed by atoms with Gasteiger partial charge in [-0.05, 0) is 38.0 Å². The van der Waals surface area contributed by atoms with Crippen molar-refractivity contribution in [2.75, 3.05) is 11.4 Å². The van der Waals surface area contributed by atoms with Crippen molar-refractivity contribution >= 4 is 11.6 Å². The number of hydrogen-bond donors (Lipinski definition) is 1. The second kappa shape index (κ2) is 6.32. The predicted octanol–water partition coefficient (Wildman–Crippen LogP) is 1.84. The lowest BCUT2D eigenvalue weighted by molar-refractivity contribution is -0.120. The molecule has 1 aromatic heterocycles. The lowest BCUT2D eigenvalue weighted by Gasteiger charge is -2.26. The van der Waals surface area contributed by atoms with Crippen LogP contribution in [0.25, 0.3) is 0 Å². The van der Waals surface area contributed by atoms with Crippen LogP contribution in [0.2, 0.25) is 0 Å². The number of carbonyl (C=O) groups excluding carboxylic acids is 1. The summed E-state index contributed by atoms with van der Waals surface area (Å²) in [5, 5.41) is 7.46. The van der Waals surface area contributed by atoms with Crippen molar-refractivity contribution < 1.29 is 4.79 Å². The number of hydrogen-bond acceptors (Lipinski definition) is 3. The summed E-state index contributed by atoms with van der Waals surface area (Å²) in [6.07, 6.45) is 4.62. The van der Waals surface area contributed by atoms with Crippen LogP contribution >= 0.6 is 0 Å². The highest BCUT2D eigenvalue weighted by Gasteiger charge is 2.32. The Bertz CT molecular complexity index is 638. The van der Waals surface area contributed by atoms with Gasteiger partial charge in [0.05, 0.1) is 12.6 Å². The molecular formula is C17H22N4O. The summed E-state index contributed by atoms with van der Waals surface area (Å²) in [5.41, 5.74) is 2.31. The molecule has 5 nitrogen and oxygen atoms in total. The molecule has 0 bridgehead atoms. The Morgan fingerprint density at radius 1 is 1.41 bits per heavy atom. The molecule has 0 aliphatic carbocycles. The molecule has 2 aromatic rings. The fourth-order valence-electron chi connectivity index (χ4n) is 3.03. The SMILES string of the molecule is CC(NCCn1cccn1)C(=O)N1c2ccccc2CC1C. The molecule has 1 N–H and O–H groups in total. The smallest absolute Gasteiger partial charge is 0.244 e. The van der Waals surface area contributed by atoms with Gasteiger partial charge in [0.15, 0.2) is 0 Å². The quantitative estimate of drug-likeness (QED) is 0.916. The Labute approximate surface area is 130 Å². The minimum atomic E-state index is -0.204. The Balaban J connectivity index is 1.61. The lowest BCUT2D eigenvalue weighted by atomic mass is 10.1. The minimum absolute atomic E-state index is 0.137. The summed E-state index contributed by atoms with van der Waals surface area (Å²) in [6.45, 7) is 5.52. The van der Waals surface area contributed by atoms with Gasteiger partial charge in [-0.2, -0.15) is 5.10 Å². The van der Waals surface area contributed by atoms with Crippen molar-refractivity contribution in [1.82, 2.24) is 15.1 Å². The Kier molecular flexibility index (Phi) is 4.24. The van der Waals surface area contributed by atoms with E-state index in [1.165, 1.54) is 5.56 Å². The first kappa shape index (κ1) is 14.8. The number of fused-ring (bicyclic) bond motifs is 1. The molecule has 2 atom stereocenters. The zero-order chi connectivity index (χ0) is 15.5. The summed E-state index contributed by atoms with van der Waals surface area (Å²) in [5.74, 6) is 0.137. The van der Waals surface area contributed by atoms with Crippen molar-refractivity contribution in [1.29, 1.82) is 0 Å². The van der Waals surface area contributed by atoms with Crippen LogP contribution in [0.3, 0.4) is 0 Å². The molecule has 2 heterocycles. The molecule has 5 heteroatoms. The maximum absolute atomic E-state index is 12.8. The van der Waals surface area contributed by atoms with Gasteiger partial charge in [-0.15, -0.1) is 0 Å². The molecule has 0 saturated heterocycles. The van der Waals surface area contributed by atoms with Crippen LogP contribution in [0.5, 0.6) is 0 Å². The van der Waals surface area contributed by atoms with Gasteiger partial charge in [-0.1, -0.05) is 18.2 Å². The van der Waals surface area contributed by atoms with E-state index < -0.39 is 0 Å². The maximum Gasteiger partial charge on any atom is 0.244 e. The van der Waals surface area contributed by atoms with Crippen LogP contribution in [-0.2, 0) is 17.8 Å². The van der Waals surface area contributed by atoms with E-state index in [1.807, 2.05) is 47.0 Å². The molecule has 2 unspecified atom stereocenters. The number of nitrogens with one attached hydrogen (secondary N) is 1. The number of amides is 1. The predicted molar refractivity (Wildman–Crippen MR) is 86.8 cm³/mol. The van der Waals surface area contributed by atoms with Gasteiger partial charge in [-0.25, -0.2) is 0 Å². The molecule has 0 radical (unpaired) electrons. The van der Waals surface area contributed by atoms with Crippen molar-refractivity contribution in [3.8, 4) is 0 Å². The summed E-state index contributed by atoms with van der Waals surface area (Å²) >= 11 is 0. The Hall–Kier alpha value is -2.14. The van der Waals surface area contributed by atoms with Gasteiger partial charge in [0.2, 0.25) is 5.91 Å². The minimum Gasteiger partial charge on any atom is -0.308 e. The van der Waals surface area contributed by atoms with E-state index in [0.29, 0.717) is 0 Å². The Morgan fingerprint density at radius 2 is 2.23 bits per heavy atom. The summed E-state index contributed by atoms with van der Waals surface area (Å²) in [7, 11) is 0. The molecule has 116 valence electrons. The number of nitrogens with zero attached hydrogens (tertiary/aromatic N) is 3. The molecule has 22 heavy (non-hydrogen) atoms. The summed E-state index contributed by atoms with van der Waals surface area (Å²) in [4.78, 5) is 14.7. The maximum atomic E-state index is 12.8. The molecule has 0 fully saturated rings. The average molecular weight is 298 g/mol. The topological polar surface area (TPSA) is 50.2 Å². The van der Waals surface area contributed by atoms with Crippen molar-refractivity contribution in [3.63, 3.8) is 0 Å². The molecular weight excluding hydrogens is 276 g/mol. The fourth-order valence-corrected chi connectivity index (χ4v) is 3.03. The van der Waals surface area contributed by atoms with Gasteiger partial charge in [0.1, 0.15) is 0 Å². The first-order chi connectivity index (χ1) is 10.7. The second-order valence-corrected chi connectivity index (χ2v) is 5.84. The number of anilines is 1. The van der Waals surface area contributed by atoms with Gasteiger partial charge < -0.3 is 10.2 Å². The van der Waals surface area contributed by atoms with Crippen molar-refractivity contribution in [3.05, 3.63) is 48.3 Å². The normalized spacial score (nSPS) is 18.3. The number of rotatable bonds is 5. The van der Waals surface area contributed by atoms with E-state index in [2.05, 4.69) is 23.4 Å². The number of carbonyl (C=O) groups is 1. The lowest BCUT2D eigenvalue weighted by Crippen LogP contribution is -2.48. The third kappa shape index (κ3) is 2.90. The fraction of sp³-hybridized carbons (Fsp3) is 0.412. The van der Waals surface area contributed by atoms with Crippen LogP contribution in [0.1, 0.15) is 19.4 Å². The highest BCUT2D eigenvalue weighted by molar-refractivity contribution is 5.99. The van der Waals surface area contributed by atoms with Gasteiger partial charge >= 0.3 is 0 Å². The van der Waals surface area contributed by atoms with Gasteiger partial charge in [0, 0.05) is 30.7 Å². The zero-order valence-corrected chi connectivity index (χ0v) is 13.1. The summed E-state index contributed by atoms with van der Waals surface area (Å²) in [6, 6.07) is 10.1. The van der Waals surface area contributed by atoms with Gasteiger partial charge in [0.25, 0.3) is 0 Å². The number of benzene rings is 1. The van der Waals surface area contributed by atoms with Crippen molar-refractivity contribution in [2.24, 2.45) is 0 Å². The van der Waals surface area contributed by atoms with Crippen LogP contribution in [0.15, 0.2) is 42.7 Å². The highest BCUT2D eigenvalue weighted by atomic mass is 16.2. The largest absolute Gasteiger partial charge is 0.308 e. The molecule has 0 spiro atoms. The van der Waals surface area contributed by atoms with Gasteiger partial charge in [-0.3, -0.25) is 9.48 Å². The molecule has 1 aliphatic heterocycles. The monoisotopic (exact) mass is 298 g/mol. The second-order valence-electron chi connectivity index (χ2n) is 5.84.